The van der Waals surface area contributed by atoms with Crippen LogP contribution < -0.4 is 19.4 Å². The van der Waals surface area contributed by atoms with Crippen molar-refractivity contribution in [1.82, 2.24) is 10.2 Å². The van der Waals surface area contributed by atoms with Crippen molar-refractivity contribution >= 4 is 57.3 Å². The number of hydrogen-bond acceptors (Lipinski definition) is 7. The van der Waals surface area contributed by atoms with Gasteiger partial charge in [-0.15, -0.1) is 13.2 Å². The van der Waals surface area contributed by atoms with Crippen molar-refractivity contribution in [1.29, 1.82) is 0 Å². The van der Waals surface area contributed by atoms with Crippen LogP contribution in [0.2, 0.25) is 0 Å². The first-order valence-corrected chi connectivity index (χ1v) is 16.7. The Morgan fingerprint density at radius 1 is 0.868 bits per heavy atom. The monoisotopic (exact) mass is 727 g/mol. The van der Waals surface area contributed by atoms with E-state index in [1.54, 1.807) is 95.3 Å². The van der Waals surface area contributed by atoms with Crippen molar-refractivity contribution in [2.75, 3.05) is 21.2 Å². The fraction of sp³-hybridized carbons (Fsp3) is 0.256. The SMILES string of the molecule is CC(C)N(C(=O)CN1C(=O)C(c2[nH]nc3cc(C(=O)OC(C)(C)C)ccc23)C(=O)N(c2ccccc2)c2ccccc21)c1ccc(OC(F)(F)F)cc1. The molecule has 0 fully saturated rings. The number of para-hydroxylation sites is 3. The van der Waals surface area contributed by atoms with Gasteiger partial charge in [-0.25, -0.2) is 4.79 Å². The van der Waals surface area contributed by atoms with E-state index in [1.807, 2.05) is 0 Å². The highest BCUT2D eigenvalue weighted by Gasteiger charge is 2.44. The zero-order valence-electron chi connectivity index (χ0n) is 29.5. The lowest BCUT2D eigenvalue weighted by Gasteiger charge is -2.31. The number of nitrogens with one attached hydrogen (secondary N) is 1. The molecule has 1 aliphatic rings. The van der Waals surface area contributed by atoms with Crippen LogP contribution in [-0.4, -0.2) is 58.4 Å². The van der Waals surface area contributed by atoms with Crippen LogP contribution in [0.1, 0.15) is 56.6 Å². The topological polar surface area (TPSA) is 125 Å². The lowest BCUT2D eigenvalue weighted by Crippen LogP contribution is -2.47. The Kier molecular flexibility index (Phi) is 9.73. The summed E-state index contributed by atoms with van der Waals surface area (Å²) in [6.07, 6.45) is -4.89. The van der Waals surface area contributed by atoms with E-state index >= 15 is 0 Å². The first-order valence-electron chi connectivity index (χ1n) is 16.7. The van der Waals surface area contributed by atoms with Crippen LogP contribution in [0.3, 0.4) is 0 Å². The lowest BCUT2D eigenvalue weighted by molar-refractivity contribution is -0.274. The molecular formula is C39H36F3N5O6. The fourth-order valence-corrected chi connectivity index (χ4v) is 6.23. The molecule has 0 saturated carbocycles. The average Bonchev–Trinajstić information content (AvgIpc) is 3.47. The number of aromatic amines is 1. The molecule has 0 spiro atoms. The number of amides is 3. The molecule has 53 heavy (non-hydrogen) atoms. The summed E-state index contributed by atoms with van der Waals surface area (Å²) in [7, 11) is 0. The summed E-state index contributed by atoms with van der Waals surface area (Å²) >= 11 is 0. The Hall–Kier alpha value is -6.18. The van der Waals surface area contributed by atoms with Crippen molar-refractivity contribution in [2.45, 2.75) is 58.5 Å². The maximum absolute atomic E-state index is 14.9. The average molecular weight is 728 g/mol. The largest absolute Gasteiger partial charge is 0.573 e. The number of rotatable bonds is 8. The normalized spacial score (nSPS) is 15.0. The molecule has 1 aliphatic heterocycles. The van der Waals surface area contributed by atoms with Crippen LogP contribution in [0, 0.1) is 0 Å². The number of hydrogen-bond donors (Lipinski definition) is 1. The van der Waals surface area contributed by atoms with Crippen molar-refractivity contribution < 1.29 is 41.8 Å². The van der Waals surface area contributed by atoms with Gasteiger partial charge >= 0.3 is 12.3 Å². The molecule has 11 nitrogen and oxygen atoms in total. The molecule has 6 rings (SSSR count). The van der Waals surface area contributed by atoms with Gasteiger partial charge < -0.3 is 14.4 Å². The number of fused-ring (bicyclic) bond motifs is 2. The van der Waals surface area contributed by atoms with Crippen molar-refractivity contribution in [3.05, 3.63) is 108 Å². The lowest BCUT2D eigenvalue weighted by atomic mass is 9.97. The summed E-state index contributed by atoms with van der Waals surface area (Å²) in [4.78, 5) is 60.7. The number of benzene rings is 4. The van der Waals surface area contributed by atoms with E-state index in [-0.39, 0.29) is 22.6 Å². The molecule has 0 saturated heterocycles. The van der Waals surface area contributed by atoms with E-state index < -0.39 is 59.9 Å². The Morgan fingerprint density at radius 3 is 2.13 bits per heavy atom. The third-order valence-electron chi connectivity index (χ3n) is 8.34. The maximum Gasteiger partial charge on any atom is 0.573 e. The van der Waals surface area contributed by atoms with Crippen molar-refractivity contribution in [3.63, 3.8) is 0 Å². The van der Waals surface area contributed by atoms with E-state index in [4.69, 9.17) is 4.74 Å². The second-order valence-electron chi connectivity index (χ2n) is 13.6. The molecular weight excluding hydrogens is 691 g/mol. The Labute approximate surface area is 302 Å². The van der Waals surface area contributed by atoms with Gasteiger partial charge in [0.05, 0.1) is 28.1 Å². The zero-order chi connectivity index (χ0) is 38.2. The minimum absolute atomic E-state index is 0.151. The van der Waals surface area contributed by atoms with Gasteiger partial charge in [-0.1, -0.05) is 36.4 Å². The summed E-state index contributed by atoms with van der Waals surface area (Å²) < 4.78 is 48.0. The molecule has 3 amide bonds. The summed E-state index contributed by atoms with van der Waals surface area (Å²) in [6.45, 7) is 8.15. The summed E-state index contributed by atoms with van der Waals surface area (Å²) in [6, 6.07) is 24.4. The number of halogens is 3. The third-order valence-corrected chi connectivity index (χ3v) is 8.34. The van der Waals surface area contributed by atoms with E-state index in [1.165, 1.54) is 39.0 Å². The minimum atomic E-state index is -4.89. The predicted molar refractivity (Wildman–Crippen MR) is 192 cm³/mol. The summed E-state index contributed by atoms with van der Waals surface area (Å²) in [5, 5.41) is 7.62. The van der Waals surface area contributed by atoms with Gasteiger partial charge in [0.2, 0.25) is 17.7 Å². The number of ether oxygens (including phenoxy) is 2. The second kappa shape index (κ2) is 14.1. The highest BCUT2D eigenvalue weighted by Crippen LogP contribution is 2.42. The number of carbonyl (C=O) groups excluding carboxylic acids is 4. The van der Waals surface area contributed by atoms with Gasteiger partial charge in [0.15, 0.2) is 5.92 Å². The molecule has 5 aromatic rings. The third kappa shape index (κ3) is 7.71. The smallest absolute Gasteiger partial charge is 0.456 e. The number of alkyl halides is 3. The number of anilines is 4. The predicted octanol–water partition coefficient (Wildman–Crippen LogP) is 7.65. The van der Waals surface area contributed by atoms with Crippen LogP contribution in [0.4, 0.5) is 35.9 Å². The highest BCUT2D eigenvalue weighted by molar-refractivity contribution is 6.25. The molecule has 1 atom stereocenters. The molecule has 274 valence electrons. The van der Waals surface area contributed by atoms with Gasteiger partial charge in [-0.3, -0.25) is 29.3 Å². The van der Waals surface area contributed by atoms with Gasteiger partial charge in [0.25, 0.3) is 0 Å². The second-order valence-corrected chi connectivity index (χ2v) is 13.6. The number of esters is 1. The first kappa shape index (κ1) is 36.6. The molecule has 0 radical (unpaired) electrons. The summed E-state index contributed by atoms with van der Waals surface area (Å²) in [5.41, 5.74) is 1.30. The molecule has 4 aromatic carbocycles. The molecule has 1 aromatic heterocycles. The van der Waals surface area contributed by atoms with Crippen LogP contribution in [0.15, 0.2) is 97.1 Å². The first-order chi connectivity index (χ1) is 25.0. The van der Waals surface area contributed by atoms with Gasteiger partial charge in [-0.2, -0.15) is 5.10 Å². The highest BCUT2D eigenvalue weighted by atomic mass is 19.4. The molecule has 2 heterocycles. The Balaban J connectivity index is 1.44. The number of H-pyrrole nitrogens is 1. The molecule has 0 aliphatic carbocycles. The molecule has 1 N–H and O–H groups in total. The maximum atomic E-state index is 14.9. The van der Waals surface area contributed by atoms with Crippen LogP contribution in [0.25, 0.3) is 10.9 Å². The number of nitrogens with zero attached hydrogens (tertiary/aromatic N) is 4. The quantitative estimate of drug-likeness (QED) is 0.129. The van der Waals surface area contributed by atoms with E-state index in [0.29, 0.717) is 22.3 Å². The standard InChI is InChI=1S/C39H36F3N5O6/c1-23(2)46(26-16-18-27(19-17-26)52-39(40,41)42)32(48)22-45-30-13-9-10-14-31(30)47(25-11-7-6-8-12-25)36(50)33(35(45)49)34-28-20-15-24(21-29(28)43-44-34)37(51)53-38(3,4)5/h6-21,23,33H,22H2,1-5H3,(H,43,44). The summed E-state index contributed by atoms with van der Waals surface area (Å²) in [5.74, 6) is -4.47. The fourth-order valence-electron chi connectivity index (χ4n) is 6.23. The van der Waals surface area contributed by atoms with E-state index in [9.17, 15) is 32.3 Å². The van der Waals surface area contributed by atoms with Crippen LogP contribution >= 0.6 is 0 Å². The molecule has 0 bridgehead atoms. The van der Waals surface area contributed by atoms with Gasteiger partial charge in [0.1, 0.15) is 17.9 Å². The van der Waals surface area contributed by atoms with Crippen molar-refractivity contribution in [2.24, 2.45) is 0 Å². The van der Waals surface area contributed by atoms with Gasteiger partial charge in [-0.05, 0) is 95.3 Å². The van der Waals surface area contributed by atoms with E-state index in [0.717, 1.165) is 12.1 Å². The van der Waals surface area contributed by atoms with E-state index in [2.05, 4.69) is 14.9 Å². The molecule has 1 unspecified atom stereocenters. The molecule has 14 heteroatoms. The van der Waals surface area contributed by atoms with Crippen molar-refractivity contribution in [3.8, 4) is 5.75 Å². The number of carbonyl (C=O) groups is 4. The van der Waals surface area contributed by atoms with Gasteiger partial charge in [0, 0.05) is 22.8 Å². The Bertz CT molecular complexity index is 2180. The number of aromatic nitrogens is 2. The minimum Gasteiger partial charge on any atom is -0.456 e. The Morgan fingerprint density at radius 2 is 1.51 bits per heavy atom. The van der Waals surface area contributed by atoms with Crippen LogP contribution in [0.5, 0.6) is 5.75 Å². The van der Waals surface area contributed by atoms with Crippen LogP contribution in [-0.2, 0) is 19.1 Å². The zero-order valence-corrected chi connectivity index (χ0v) is 29.5.